The van der Waals surface area contributed by atoms with E-state index in [9.17, 15) is 9.90 Å². The number of hydrogen-bond acceptors (Lipinski definition) is 8. The molecule has 2 aliphatic rings. The summed E-state index contributed by atoms with van der Waals surface area (Å²) < 4.78 is 41.0. The number of carboxylic acids is 1. The van der Waals surface area contributed by atoms with E-state index < -0.39 is 23.5 Å². The van der Waals surface area contributed by atoms with Gasteiger partial charge in [0.05, 0.1) is 12.2 Å². The zero-order chi connectivity index (χ0) is 32.0. The molecule has 11 heteroatoms. The number of pyridine rings is 1. The predicted octanol–water partition coefficient (Wildman–Crippen LogP) is 6.67. The average Bonchev–Trinajstić information content (AvgIpc) is 3.60. The van der Waals surface area contributed by atoms with Crippen LogP contribution in [-0.4, -0.2) is 56.2 Å². The number of benzene rings is 1. The summed E-state index contributed by atoms with van der Waals surface area (Å²) in [6, 6.07) is 3.32. The third-order valence-corrected chi connectivity index (χ3v) is 8.86. The van der Waals surface area contributed by atoms with Gasteiger partial charge >= 0.3 is 5.97 Å². The summed E-state index contributed by atoms with van der Waals surface area (Å²) >= 11 is 0. The van der Waals surface area contributed by atoms with Crippen LogP contribution in [0.1, 0.15) is 80.8 Å². The maximum atomic E-state index is 15.7. The molecule has 5 heterocycles. The molecule has 3 aromatic heterocycles. The Labute approximate surface area is 261 Å². The van der Waals surface area contributed by atoms with Crippen molar-refractivity contribution >= 4 is 17.0 Å². The van der Waals surface area contributed by atoms with Gasteiger partial charge in [-0.3, -0.25) is 0 Å². The van der Waals surface area contributed by atoms with Crippen LogP contribution in [0.15, 0.2) is 16.5 Å². The van der Waals surface area contributed by atoms with Crippen molar-refractivity contribution in [1.82, 2.24) is 19.7 Å². The first-order chi connectivity index (χ1) is 21.4. The lowest BCUT2D eigenvalue weighted by molar-refractivity contribution is -0.160. The van der Waals surface area contributed by atoms with E-state index in [1.807, 2.05) is 24.6 Å². The molecule has 10 nitrogen and oxygen atoms in total. The topological polar surface area (TPSA) is 122 Å². The van der Waals surface area contributed by atoms with Crippen LogP contribution in [0.4, 0.5) is 4.39 Å². The van der Waals surface area contributed by atoms with Crippen LogP contribution in [-0.2, 0) is 34.2 Å². The molecule has 4 aromatic rings. The van der Waals surface area contributed by atoms with Gasteiger partial charge < -0.3 is 28.3 Å². The van der Waals surface area contributed by atoms with Gasteiger partial charge in [0.2, 0.25) is 5.89 Å². The molecule has 2 aliphatic heterocycles. The summed E-state index contributed by atoms with van der Waals surface area (Å²) in [6.45, 7) is 11.1. The van der Waals surface area contributed by atoms with E-state index in [0.717, 1.165) is 50.0 Å². The molecular formula is C34H41FN4O6. The minimum absolute atomic E-state index is 0.264. The Bertz CT molecular complexity index is 1750. The highest BCUT2D eigenvalue weighted by Gasteiger charge is 2.35. The maximum Gasteiger partial charge on any atom is 0.337 e. The number of aromatic nitrogens is 4. The van der Waals surface area contributed by atoms with Gasteiger partial charge in [-0.15, -0.1) is 10.2 Å². The van der Waals surface area contributed by atoms with Crippen LogP contribution < -0.4 is 4.74 Å². The van der Waals surface area contributed by atoms with Crippen LogP contribution in [0.25, 0.3) is 33.7 Å². The highest BCUT2D eigenvalue weighted by molar-refractivity contribution is 6.01. The Morgan fingerprint density at radius 1 is 1.18 bits per heavy atom. The molecule has 1 saturated heterocycles. The van der Waals surface area contributed by atoms with E-state index in [-0.39, 0.29) is 5.75 Å². The normalized spacial score (nSPS) is 16.5. The molecule has 0 amide bonds. The standard InChI is InChI=1S/C34H41FN4O6/c1-18-21-8-7-13-43-29(21)24(35)16-22(18)28-23-17-25(32-38-37-26(44-32)10-9-20-11-14-42-15-12-20)39(6)31(23)36-19(2)27(28)30(33(40)41)45-34(3,4)5/h16-17,20,30H,7-15H2,1-6H3,(H,40,41)/t30-/m0/s1. The largest absolute Gasteiger partial charge is 0.490 e. The van der Waals surface area contributed by atoms with E-state index in [4.69, 9.17) is 23.6 Å². The lowest BCUT2D eigenvalue weighted by atomic mass is 9.86. The maximum absolute atomic E-state index is 15.7. The van der Waals surface area contributed by atoms with Gasteiger partial charge in [-0.25, -0.2) is 14.2 Å². The minimum atomic E-state index is -1.35. The molecule has 0 bridgehead atoms. The summed E-state index contributed by atoms with van der Waals surface area (Å²) in [5, 5.41) is 19.8. The Kier molecular flexibility index (Phi) is 8.43. The molecular weight excluding hydrogens is 579 g/mol. The smallest absolute Gasteiger partial charge is 0.337 e. The zero-order valence-electron chi connectivity index (χ0n) is 26.8. The monoisotopic (exact) mass is 620 g/mol. The lowest BCUT2D eigenvalue weighted by Crippen LogP contribution is -2.28. The first-order valence-corrected chi connectivity index (χ1v) is 15.7. The van der Waals surface area contributed by atoms with E-state index in [2.05, 4.69) is 10.2 Å². The van der Waals surface area contributed by atoms with Gasteiger partial charge in [-0.1, -0.05) is 0 Å². The van der Waals surface area contributed by atoms with Gasteiger partial charge in [0.25, 0.3) is 5.89 Å². The number of hydrogen-bond donors (Lipinski definition) is 1. The molecule has 0 aliphatic carbocycles. The predicted molar refractivity (Wildman–Crippen MR) is 166 cm³/mol. The molecule has 0 saturated carbocycles. The summed E-state index contributed by atoms with van der Waals surface area (Å²) in [4.78, 5) is 17.7. The quantitative estimate of drug-likeness (QED) is 0.230. The van der Waals surface area contributed by atoms with Gasteiger partial charge in [0.15, 0.2) is 17.7 Å². The Balaban J connectivity index is 1.53. The summed E-state index contributed by atoms with van der Waals surface area (Å²) in [5.74, 6) is 0.0958. The molecule has 0 unspecified atom stereocenters. The number of nitrogens with zero attached hydrogens (tertiary/aromatic N) is 4. The van der Waals surface area contributed by atoms with Gasteiger partial charge in [-0.2, -0.15) is 0 Å². The third-order valence-electron chi connectivity index (χ3n) is 8.86. The Morgan fingerprint density at radius 2 is 1.93 bits per heavy atom. The van der Waals surface area contributed by atoms with E-state index in [1.165, 1.54) is 6.07 Å². The number of rotatable bonds is 8. The number of carbonyl (C=O) groups is 1. The zero-order valence-corrected chi connectivity index (χ0v) is 26.8. The van der Waals surface area contributed by atoms with Crippen molar-refractivity contribution in [3.8, 4) is 28.5 Å². The number of aliphatic carboxylic acids is 1. The molecule has 1 atom stereocenters. The van der Waals surface area contributed by atoms with Crippen molar-refractivity contribution in [2.75, 3.05) is 19.8 Å². The van der Waals surface area contributed by atoms with Crippen LogP contribution in [0.5, 0.6) is 5.75 Å². The van der Waals surface area contributed by atoms with Gasteiger partial charge in [0.1, 0.15) is 11.3 Å². The van der Waals surface area contributed by atoms with Crippen molar-refractivity contribution in [2.45, 2.75) is 84.8 Å². The van der Waals surface area contributed by atoms with Crippen LogP contribution in [0.2, 0.25) is 0 Å². The minimum Gasteiger partial charge on any atom is -0.490 e. The average molecular weight is 621 g/mol. The highest BCUT2D eigenvalue weighted by atomic mass is 19.1. The van der Waals surface area contributed by atoms with Crippen LogP contribution in [0, 0.1) is 25.6 Å². The van der Waals surface area contributed by atoms with Gasteiger partial charge in [0, 0.05) is 54.5 Å². The first-order valence-electron chi connectivity index (χ1n) is 15.7. The molecule has 45 heavy (non-hydrogen) atoms. The fraction of sp³-hybridized carbons (Fsp3) is 0.529. The molecule has 0 spiro atoms. The lowest BCUT2D eigenvalue weighted by Gasteiger charge is -2.29. The number of carboxylic acid groups (broad SMARTS) is 1. The molecule has 240 valence electrons. The van der Waals surface area contributed by atoms with Crippen LogP contribution in [0.3, 0.4) is 0 Å². The second-order valence-corrected chi connectivity index (χ2v) is 13.1. The number of ether oxygens (including phenoxy) is 3. The molecule has 6 rings (SSSR count). The van der Waals surface area contributed by atoms with Crippen molar-refractivity contribution in [3.05, 3.63) is 46.2 Å². The number of halogens is 1. The van der Waals surface area contributed by atoms with Gasteiger partial charge in [-0.05, 0) is 95.9 Å². The highest BCUT2D eigenvalue weighted by Crippen LogP contribution is 2.45. The summed E-state index contributed by atoms with van der Waals surface area (Å²) in [7, 11) is 1.86. The SMILES string of the molecule is Cc1nc2c(cc(-c3nnc(CCC4CCOCC4)o3)n2C)c(-c2cc(F)c3c(c2C)CCCO3)c1[C@H](OC(C)(C)C)C(=O)O. The summed E-state index contributed by atoms with van der Waals surface area (Å²) in [5.41, 5.74) is 4.03. The van der Waals surface area contributed by atoms with Crippen molar-refractivity contribution in [2.24, 2.45) is 13.0 Å². The second kappa shape index (κ2) is 12.2. The molecule has 1 fully saturated rings. The second-order valence-electron chi connectivity index (χ2n) is 13.1. The van der Waals surface area contributed by atoms with Crippen molar-refractivity contribution in [1.29, 1.82) is 0 Å². The summed E-state index contributed by atoms with van der Waals surface area (Å²) in [6.07, 6.45) is 3.77. The fourth-order valence-electron chi connectivity index (χ4n) is 6.60. The number of fused-ring (bicyclic) bond motifs is 2. The molecule has 1 N–H and O–H groups in total. The Hall–Kier alpha value is -3.83. The first kappa shape index (κ1) is 31.2. The number of aryl methyl sites for hydroxylation is 3. The Morgan fingerprint density at radius 3 is 2.64 bits per heavy atom. The van der Waals surface area contributed by atoms with E-state index in [1.54, 1.807) is 27.7 Å². The van der Waals surface area contributed by atoms with Crippen molar-refractivity contribution < 1.29 is 32.9 Å². The van der Waals surface area contributed by atoms with Crippen molar-refractivity contribution in [3.63, 3.8) is 0 Å². The fourth-order valence-corrected chi connectivity index (χ4v) is 6.60. The van der Waals surface area contributed by atoms with E-state index >= 15 is 4.39 Å². The van der Waals surface area contributed by atoms with E-state index in [0.29, 0.717) is 76.3 Å². The molecule has 1 aromatic carbocycles. The molecule has 0 radical (unpaired) electrons. The van der Waals surface area contributed by atoms with Crippen LogP contribution >= 0.6 is 0 Å². The third kappa shape index (κ3) is 6.07.